The summed E-state index contributed by atoms with van der Waals surface area (Å²) in [4.78, 5) is 24.3. The topological polar surface area (TPSA) is 64.6 Å². The first-order valence-electron chi connectivity index (χ1n) is 7.81. The highest BCUT2D eigenvalue weighted by Gasteiger charge is 2.14. The van der Waals surface area contributed by atoms with Gasteiger partial charge in [-0.2, -0.15) is 0 Å². The number of ether oxygens (including phenoxy) is 2. The maximum atomic E-state index is 13.2. The summed E-state index contributed by atoms with van der Waals surface area (Å²) in [5.41, 5.74) is 0.821. The molecule has 0 aliphatic carbocycles. The van der Waals surface area contributed by atoms with Gasteiger partial charge >= 0.3 is 5.97 Å². The molecule has 3 aromatic rings. The zero-order valence-electron chi connectivity index (χ0n) is 14.0. The highest BCUT2D eigenvalue weighted by molar-refractivity contribution is 7.20. The van der Waals surface area contributed by atoms with Gasteiger partial charge in [-0.25, -0.2) is 9.18 Å². The largest absolute Gasteiger partial charge is 0.496 e. The lowest BCUT2D eigenvalue weighted by molar-refractivity contribution is -0.124. The number of carbonyl (C=O) groups is 2. The number of hydrogen-bond donors (Lipinski definition) is 1. The SMILES string of the molecule is COc1ccccc1CNC(=O)COC(=O)c1cc2cc(F)ccc2s1. The number of nitrogens with one attached hydrogen (secondary N) is 1. The van der Waals surface area contributed by atoms with E-state index in [0.29, 0.717) is 16.0 Å². The van der Waals surface area contributed by atoms with Crippen LogP contribution in [-0.2, 0) is 16.1 Å². The second kappa shape index (κ2) is 7.97. The van der Waals surface area contributed by atoms with E-state index in [1.165, 1.54) is 23.5 Å². The molecule has 134 valence electrons. The number of para-hydroxylation sites is 1. The zero-order chi connectivity index (χ0) is 18.5. The minimum absolute atomic E-state index is 0.266. The Labute approximate surface area is 153 Å². The van der Waals surface area contributed by atoms with Crippen molar-refractivity contribution in [2.45, 2.75) is 6.54 Å². The number of carbonyl (C=O) groups excluding carboxylic acids is 2. The molecule has 1 N–H and O–H groups in total. The van der Waals surface area contributed by atoms with Gasteiger partial charge in [0.1, 0.15) is 16.4 Å². The van der Waals surface area contributed by atoms with Crippen molar-refractivity contribution in [3.05, 3.63) is 64.8 Å². The van der Waals surface area contributed by atoms with Crippen LogP contribution in [0.2, 0.25) is 0 Å². The van der Waals surface area contributed by atoms with Gasteiger partial charge in [0.25, 0.3) is 5.91 Å². The van der Waals surface area contributed by atoms with Gasteiger partial charge in [-0.15, -0.1) is 11.3 Å². The fourth-order valence-electron chi connectivity index (χ4n) is 2.41. The predicted octanol–water partition coefficient (Wildman–Crippen LogP) is 3.52. The predicted molar refractivity (Wildman–Crippen MR) is 96.9 cm³/mol. The number of esters is 1. The Hall–Kier alpha value is -2.93. The number of halogens is 1. The van der Waals surface area contributed by atoms with E-state index in [1.807, 2.05) is 18.2 Å². The van der Waals surface area contributed by atoms with Gasteiger partial charge in [-0.05, 0) is 35.7 Å². The normalized spacial score (nSPS) is 10.5. The third kappa shape index (κ3) is 4.18. The molecule has 0 unspecified atom stereocenters. The maximum absolute atomic E-state index is 13.2. The Morgan fingerprint density at radius 1 is 1.15 bits per heavy atom. The monoisotopic (exact) mass is 373 g/mol. The molecular formula is C19H16FNO4S. The van der Waals surface area contributed by atoms with Crippen LogP contribution in [-0.4, -0.2) is 25.6 Å². The van der Waals surface area contributed by atoms with Crippen LogP contribution in [0.5, 0.6) is 5.75 Å². The average Bonchev–Trinajstić information content (AvgIpc) is 3.07. The van der Waals surface area contributed by atoms with Crippen molar-refractivity contribution in [3.8, 4) is 5.75 Å². The summed E-state index contributed by atoms with van der Waals surface area (Å²) < 4.78 is 24.2. The van der Waals surface area contributed by atoms with E-state index in [0.717, 1.165) is 10.3 Å². The Balaban J connectivity index is 1.54. The number of methoxy groups -OCH3 is 1. The van der Waals surface area contributed by atoms with E-state index in [9.17, 15) is 14.0 Å². The van der Waals surface area contributed by atoms with E-state index in [1.54, 1.807) is 25.3 Å². The van der Waals surface area contributed by atoms with Gasteiger partial charge in [0.05, 0.1) is 7.11 Å². The molecule has 1 amide bonds. The minimum Gasteiger partial charge on any atom is -0.496 e. The molecular weight excluding hydrogens is 357 g/mol. The molecule has 0 aliphatic rings. The molecule has 0 spiro atoms. The summed E-state index contributed by atoms with van der Waals surface area (Å²) in [6, 6.07) is 13.1. The first-order chi connectivity index (χ1) is 12.6. The first kappa shape index (κ1) is 17.9. The summed E-state index contributed by atoms with van der Waals surface area (Å²) in [7, 11) is 1.55. The summed E-state index contributed by atoms with van der Waals surface area (Å²) in [6.45, 7) is -0.126. The van der Waals surface area contributed by atoms with E-state index < -0.39 is 18.5 Å². The number of rotatable bonds is 6. The maximum Gasteiger partial charge on any atom is 0.348 e. The molecule has 1 aromatic heterocycles. The minimum atomic E-state index is -0.612. The van der Waals surface area contributed by atoms with Crippen LogP contribution >= 0.6 is 11.3 Å². The second-order valence-corrected chi connectivity index (χ2v) is 6.54. The van der Waals surface area contributed by atoms with E-state index >= 15 is 0 Å². The lowest BCUT2D eigenvalue weighted by atomic mass is 10.2. The summed E-state index contributed by atoms with van der Waals surface area (Å²) in [5.74, 6) is -0.733. The number of thiophene rings is 1. The quantitative estimate of drug-likeness (QED) is 0.672. The van der Waals surface area contributed by atoms with Gasteiger partial charge in [-0.3, -0.25) is 4.79 Å². The standard InChI is InChI=1S/C19H16FNO4S/c1-24-15-5-3-2-4-12(15)10-21-18(22)11-25-19(23)17-9-13-8-14(20)6-7-16(13)26-17/h2-9H,10-11H2,1H3,(H,21,22). The molecule has 3 rings (SSSR count). The van der Waals surface area contributed by atoms with Crippen molar-refractivity contribution in [3.63, 3.8) is 0 Å². The Morgan fingerprint density at radius 3 is 2.77 bits per heavy atom. The molecule has 0 fully saturated rings. The third-order valence-electron chi connectivity index (χ3n) is 3.68. The van der Waals surface area contributed by atoms with Crippen LogP contribution in [0.15, 0.2) is 48.5 Å². The van der Waals surface area contributed by atoms with Gasteiger partial charge in [-0.1, -0.05) is 18.2 Å². The zero-order valence-corrected chi connectivity index (χ0v) is 14.8. The van der Waals surface area contributed by atoms with Crippen LogP contribution in [0.3, 0.4) is 0 Å². The molecule has 0 radical (unpaired) electrons. The number of hydrogen-bond acceptors (Lipinski definition) is 5. The van der Waals surface area contributed by atoms with E-state index in [2.05, 4.69) is 5.32 Å². The fourth-order valence-corrected chi connectivity index (χ4v) is 3.35. The lowest BCUT2D eigenvalue weighted by Crippen LogP contribution is -2.28. The number of benzene rings is 2. The van der Waals surface area contributed by atoms with Crippen molar-refractivity contribution in [1.29, 1.82) is 0 Å². The fraction of sp³-hybridized carbons (Fsp3) is 0.158. The van der Waals surface area contributed by atoms with Crippen LogP contribution < -0.4 is 10.1 Å². The van der Waals surface area contributed by atoms with E-state index in [4.69, 9.17) is 9.47 Å². The first-order valence-corrected chi connectivity index (χ1v) is 8.63. The van der Waals surface area contributed by atoms with Crippen LogP contribution in [0.25, 0.3) is 10.1 Å². The number of fused-ring (bicyclic) bond motifs is 1. The van der Waals surface area contributed by atoms with Crippen molar-refractivity contribution in [2.24, 2.45) is 0 Å². The third-order valence-corrected chi connectivity index (χ3v) is 4.78. The van der Waals surface area contributed by atoms with Gasteiger partial charge in [0.15, 0.2) is 6.61 Å². The van der Waals surface area contributed by atoms with E-state index in [-0.39, 0.29) is 12.4 Å². The molecule has 1 heterocycles. The molecule has 7 heteroatoms. The van der Waals surface area contributed by atoms with Crippen LogP contribution in [0, 0.1) is 5.82 Å². The van der Waals surface area contributed by atoms with Crippen molar-refractivity contribution < 1.29 is 23.5 Å². The summed E-state index contributed by atoms with van der Waals surface area (Å²) in [5, 5.41) is 3.30. The molecule has 0 aliphatic heterocycles. The lowest BCUT2D eigenvalue weighted by Gasteiger charge is -2.09. The summed E-state index contributed by atoms with van der Waals surface area (Å²) >= 11 is 1.19. The smallest absolute Gasteiger partial charge is 0.348 e. The molecule has 0 atom stereocenters. The highest BCUT2D eigenvalue weighted by Crippen LogP contribution is 2.26. The Kier molecular flexibility index (Phi) is 5.48. The van der Waals surface area contributed by atoms with Crippen molar-refractivity contribution >= 4 is 33.3 Å². The Bertz CT molecular complexity index is 954. The average molecular weight is 373 g/mol. The van der Waals surface area contributed by atoms with Gasteiger partial charge < -0.3 is 14.8 Å². The highest BCUT2D eigenvalue weighted by atomic mass is 32.1. The molecule has 2 aromatic carbocycles. The molecule has 0 bridgehead atoms. The summed E-state index contributed by atoms with van der Waals surface area (Å²) in [6.07, 6.45) is 0. The second-order valence-electron chi connectivity index (χ2n) is 5.46. The van der Waals surface area contributed by atoms with Crippen molar-refractivity contribution in [2.75, 3.05) is 13.7 Å². The molecule has 0 saturated carbocycles. The number of amides is 1. The van der Waals surface area contributed by atoms with Gasteiger partial charge in [0, 0.05) is 16.8 Å². The van der Waals surface area contributed by atoms with Crippen molar-refractivity contribution in [1.82, 2.24) is 5.32 Å². The van der Waals surface area contributed by atoms with Crippen LogP contribution in [0.1, 0.15) is 15.2 Å². The Morgan fingerprint density at radius 2 is 1.96 bits per heavy atom. The molecule has 26 heavy (non-hydrogen) atoms. The molecule has 5 nitrogen and oxygen atoms in total. The molecule has 0 saturated heterocycles. The van der Waals surface area contributed by atoms with Gasteiger partial charge in [0.2, 0.25) is 0 Å². The van der Waals surface area contributed by atoms with Crippen LogP contribution in [0.4, 0.5) is 4.39 Å².